The van der Waals surface area contributed by atoms with Crippen molar-refractivity contribution < 1.29 is 4.74 Å². The van der Waals surface area contributed by atoms with Crippen LogP contribution in [-0.4, -0.2) is 49.1 Å². The van der Waals surface area contributed by atoms with E-state index in [4.69, 9.17) is 4.74 Å². The van der Waals surface area contributed by atoms with Gasteiger partial charge in [-0.1, -0.05) is 17.8 Å². The van der Waals surface area contributed by atoms with Crippen LogP contribution in [-0.2, 0) is 13.1 Å². The van der Waals surface area contributed by atoms with E-state index in [1.54, 1.807) is 11.3 Å². The highest BCUT2D eigenvalue weighted by Gasteiger charge is 2.25. The second kappa shape index (κ2) is 7.35. The summed E-state index contributed by atoms with van der Waals surface area (Å²) in [4.78, 5) is 6.90. The van der Waals surface area contributed by atoms with Crippen LogP contribution in [0.15, 0.2) is 0 Å². The van der Waals surface area contributed by atoms with E-state index in [0.717, 1.165) is 36.3 Å². The Morgan fingerprint density at radius 3 is 2.87 bits per heavy atom. The van der Waals surface area contributed by atoms with Crippen molar-refractivity contribution in [2.24, 2.45) is 0 Å². The molecule has 7 nitrogen and oxygen atoms in total. The second-order valence-corrected chi connectivity index (χ2v) is 6.93. The molecule has 0 aliphatic carbocycles. The SMILES string of the molecule is CCOc1nnc(CN2CCCC[C@@H]2Cn2nc(C)nc2C)s1. The minimum atomic E-state index is 0.475. The van der Waals surface area contributed by atoms with Crippen molar-refractivity contribution in [1.82, 2.24) is 29.9 Å². The topological polar surface area (TPSA) is 69.0 Å². The van der Waals surface area contributed by atoms with Crippen LogP contribution in [0.5, 0.6) is 5.19 Å². The molecule has 0 bridgehead atoms. The lowest BCUT2D eigenvalue weighted by atomic mass is 10.0. The van der Waals surface area contributed by atoms with Crippen molar-refractivity contribution >= 4 is 11.3 Å². The second-order valence-electron chi connectivity index (χ2n) is 5.90. The van der Waals surface area contributed by atoms with Gasteiger partial charge >= 0.3 is 0 Å². The summed E-state index contributed by atoms with van der Waals surface area (Å²) in [6, 6.07) is 0.475. The fraction of sp³-hybridized carbons (Fsp3) is 0.733. The number of hydrogen-bond donors (Lipinski definition) is 0. The van der Waals surface area contributed by atoms with Gasteiger partial charge in [-0.25, -0.2) is 9.67 Å². The summed E-state index contributed by atoms with van der Waals surface area (Å²) in [6.07, 6.45) is 3.70. The summed E-state index contributed by atoms with van der Waals surface area (Å²) in [5, 5.41) is 14.5. The number of likely N-dealkylation sites (tertiary alicyclic amines) is 1. The molecule has 0 amide bonds. The smallest absolute Gasteiger partial charge is 0.294 e. The first-order valence-electron chi connectivity index (χ1n) is 8.23. The number of piperidine rings is 1. The van der Waals surface area contributed by atoms with Crippen molar-refractivity contribution in [3.05, 3.63) is 16.7 Å². The van der Waals surface area contributed by atoms with Crippen LogP contribution in [0.3, 0.4) is 0 Å². The highest BCUT2D eigenvalue weighted by Crippen LogP contribution is 2.24. The molecule has 0 spiro atoms. The molecule has 1 aliphatic heterocycles. The Bertz CT molecular complexity index is 640. The standard InChI is InChI=1S/C15H24N6OS/c1-4-22-15-18-17-14(23-15)10-20-8-6-5-7-13(20)9-21-12(3)16-11(2)19-21/h13H,4-10H2,1-3H3/t13-/m1/s1. The van der Waals surface area contributed by atoms with Crippen LogP contribution in [0.2, 0.25) is 0 Å². The van der Waals surface area contributed by atoms with Gasteiger partial charge in [-0.3, -0.25) is 4.90 Å². The lowest BCUT2D eigenvalue weighted by Gasteiger charge is -2.35. The van der Waals surface area contributed by atoms with Gasteiger partial charge < -0.3 is 4.74 Å². The third-order valence-corrected chi connectivity index (χ3v) is 4.97. The van der Waals surface area contributed by atoms with E-state index in [9.17, 15) is 0 Å². The van der Waals surface area contributed by atoms with E-state index < -0.39 is 0 Å². The minimum absolute atomic E-state index is 0.475. The summed E-state index contributed by atoms with van der Waals surface area (Å²) in [6.45, 7) is 9.38. The van der Waals surface area contributed by atoms with Gasteiger partial charge in [-0.15, -0.1) is 10.2 Å². The van der Waals surface area contributed by atoms with Crippen LogP contribution in [0.1, 0.15) is 42.8 Å². The highest BCUT2D eigenvalue weighted by molar-refractivity contribution is 7.13. The first-order chi connectivity index (χ1) is 11.2. The molecule has 2 aromatic heterocycles. The maximum Gasteiger partial charge on any atom is 0.294 e. The number of nitrogens with zero attached hydrogens (tertiary/aromatic N) is 6. The Morgan fingerprint density at radius 1 is 1.26 bits per heavy atom. The van der Waals surface area contributed by atoms with Crippen molar-refractivity contribution in [1.29, 1.82) is 0 Å². The predicted octanol–water partition coefficient (Wildman–Crippen LogP) is 2.20. The number of hydrogen-bond acceptors (Lipinski definition) is 7. The molecule has 23 heavy (non-hydrogen) atoms. The summed E-state index contributed by atoms with van der Waals surface area (Å²) in [5.74, 6) is 1.83. The first kappa shape index (κ1) is 16.3. The Labute approximate surface area is 140 Å². The molecule has 3 rings (SSSR count). The highest BCUT2D eigenvalue weighted by atomic mass is 32.1. The summed E-state index contributed by atoms with van der Waals surface area (Å²) >= 11 is 1.55. The van der Waals surface area contributed by atoms with Crippen LogP contribution in [0.25, 0.3) is 0 Å². The lowest BCUT2D eigenvalue weighted by molar-refractivity contribution is 0.121. The molecule has 1 aliphatic rings. The quantitative estimate of drug-likeness (QED) is 0.805. The first-order valence-corrected chi connectivity index (χ1v) is 9.04. The third kappa shape index (κ3) is 4.06. The molecule has 0 N–H and O–H groups in total. The molecule has 3 heterocycles. The van der Waals surface area contributed by atoms with Crippen LogP contribution >= 0.6 is 11.3 Å². The van der Waals surface area contributed by atoms with E-state index in [1.165, 1.54) is 19.3 Å². The number of ether oxygens (including phenoxy) is 1. The Hall–Kier alpha value is -1.54. The zero-order valence-corrected chi connectivity index (χ0v) is 14.8. The van der Waals surface area contributed by atoms with Gasteiger partial charge in [0, 0.05) is 6.04 Å². The Balaban J connectivity index is 1.67. The summed E-state index contributed by atoms with van der Waals surface area (Å²) in [5.41, 5.74) is 0. The molecular formula is C15H24N6OS. The molecule has 0 aromatic carbocycles. The average Bonchev–Trinajstić information content (AvgIpc) is 3.08. The van der Waals surface area contributed by atoms with E-state index in [1.807, 2.05) is 25.5 Å². The molecule has 126 valence electrons. The molecular weight excluding hydrogens is 312 g/mol. The molecule has 0 saturated carbocycles. The molecule has 0 radical (unpaired) electrons. The zero-order valence-electron chi connectivity index (χ0n) is 14.0. The molecule has 1 atom stereocenters. The maximum atomic E-state index is 5.42. The van der Waals surface area contributed by atoms with Crippen molar-refractivity contribution in [2.75, 3.05) is 13.2 Å². The summed E-state index contributed by atoms with van der Waals surface area (Å²) in [7, 11) is 0. The molecule has 1 fully saturated rings. The van der Waals surface area contributed by atoms with Gasteiger partial charge in [0.1, 0.15) is 16.7 Å². The predicted molar refractivity (Wildman–Crippen MR) is 88.6 cm³/mol. The van der Waals surface area contributed by atoms with E-state index in [-0.39, 0.29) is 0 Å². The van der Waals surface area contributed by atoms with Gasteiger partial charge in [-0.05, 0) is 40.2 Å². The normalized spacial score (nSPS) is 19.2. The van der Waals surface area contributed by atoms with Crippen molar-refractivity contribution in [2.45, 2.75) is 59.2 Å². The van der Waals surface area contributed by atoms with Crippen molar-refractivity contribution in [3.63, 3.8) is 0 Å². The van der Waals surface area contributed by atoms with Crippen LogP contribution < -0.4 is 4.74 Å². The van der Waals surface area contributed by atoms with Crippen LogP contribution in [0, 0.1) is 13.8 Å². The maximum absolute atomic E-state index is 5.42. The summed E-state index contributed by atoms with van der Waals surface area (Å²) < 4.78 is 7.45. The Kier molecular flexibility index (Phi) is 5.22. The van der Waals surface area contributed by atoms with Gasteiger partial charge in [0.15, 0.2) is 0 Å². The largest absolute Gasteiger partial charge is 0.469 e. The van der Waals surface area contributed by atoms with Crippen LogP contribution in [0.4, 0.5) is 0 Å². The molecule has 1 saturated heterocycles. The fourth-order valence-electron chi connectivity index (χ4n) is 3.07. The van der Waals surface area contributed by atoms with E-state index in [0.29, 0.717) is 17.8 Å². The molecule has 8 heteroatoms. The fourth-order valence-corrected chi connectivity index (χ4v) is 3.84. The molecule has 2 aromatic rings. The lowest BCUT2D eigenvalue weighted by Crippen LogP contribution is -2.41. The molecule has 0 unspecified atom stereocenters. The number of rotatable bonds is 6. The van der Waals surface area contributed by atoms with Crippen molar-refractivity contribution in [3.8, 4) is 5.19 Å². The van der Waals surface area contributed by atoms with E-state index in [2.05, 4.69) is 25.2 Å². The van der Waals surface area contributed by atoms with Gasteiger partial charge in [0.2, 0.25) is 0 Å². The zero-order chi connectivity index (χ0) is 16.2. The van der Waals surface area contributed by atoms with E-state index >= 15 is 0 Å². The monoisotopic (exact) mass is 336 g/mol. The van der Waals surface area contributed by atoms with Gasteiger partial charge in [-0.2, -0.15) is 5.10 Å². The minimum Gasteiger partial charge on any atom is -0.469 e. The Morgan fingerprint density at radius 2 is 2.13 bits per heavy atom. The van der Waals surface area contributed by atoms with Gasteiger partial charge in [0.05, 0.1) is 19.7 Å². The third-order valence-electron chi connectivity index (χ3n) is 4.15. The average molecular weight is 336 g/mol. The number of aryl methyl sites for hydroxylation is 2. The van der Waals surface area contributed by atoms with Gasteiger partial charge in [0.25, 0.3) is 5.19 Å². The number of aromatic nitrogens is 5.